The van der Waals surface area contributed by atoms with Crippen molar-refractivity contribution < 1.29 is 14.3 Å². The van der Waals surface area contributed by atoms with Crippen LogP contribution in [0, 0.1) is 0 Å². The van der Waals surface area contributed by atoms with Crippen LogP contribution in [0.1, 0.15) is 56.0 Å². The second-order valence-corrected chi connectivity index (χ2v) is 8.56. The summed E-state index contributed by atoms with van der Waals surface area (Å²) >= 11 is 5.51. The molecule has 0 atom stereocenters. The minimum atomic E-state index is -0.504. The molecule has 4 rings (SSSR count). The highest BCUT2D eigenvalue weighted by molar-refractivity contribution is 7.80. The summed E-state index contributed by atoms with van der Waals surface area (Å²) in [5, 5.41) is 1.79. The number of aryl methyl sites for hydroxylation is 2. The number of thiocarbonyl (C=S) groups is 1. The maximum absolute atomic E-state index is 12.5. The Kier molecular flexibility index (Phi) is 4.30. The average Bonchev–Trinajstić information content (AvgIpc) is 2.89. The molecule has 0 amide bonds. The minimum Gasteiger partial charge on any atom is -0.481 e. The standard InChI is InChI=1S/C21H25NO3S/c1-21(2,3)25-17(23)12-22-16-9-8-13-6-4-5-7-14(13)18(16)15-10-11-24-20(26)19(15)22/h8-9H,4-7,10-12H2,1-3H3. The molecule has 0 saturated carbocycles. The van der Waals surface area contributed by atoms with E-state index >= 15 is 0 Å². The third kappa shape index (κ3) is 3.02. The van der Waals surface area contributed by atoms with Crippen LogP contribution >= 0.6 is 12.2 Å². The number of ether oxygens (including phenoxy) is 2. The van der Waals surface area contributed by atoms with Crippen LogP contribution in [0.15, 0.2) is 12.1 Å². The number of hydrogen-bond acceptors (Lipinski definition) is 4. The summed E-state index contributed by atoms with van der Waals surface area (Å²) in [4.78, 5) is 12.5. The monoisotopic (exact) mass is 371 g/mol. The summed E-state index contributed by atoms with van der Waals surface area (Å²) in [5.74, 6) is -0.247. The first-order valence-electron chi connectivity index (χ1n) is 9.40. The summed E-state index contributed by atoms with van der Waals surface area (Å²) in [6.45, 7) is 6.43. The number of hydrogen-bond donors (Lipinski definition) is 0. The fourth-order valence-electron chi connectivity index (χ4n) is 4.24. The molecule has 0 unspecified atom stereocenters. The average molecular weight is 372 g/mol. The molecule has 0 bridgehead atoms. The lowest BCUT2D eigenvalue weighted by molar-refractivity contribution is -0.155. The van der Waals surface area contributed by atoms with E-state index in [0.29, 0.717) is 11.7 Å². The fraction of sp³-hybridized carbons (Fsp3) is 0.524. The Hall–Kier alpha value is -1.88. The van der Waals surface area contributed by atoms with Gasteiger partial charge in [0.1, 0.15) is 17.8 Å². The quantitative estimate of drug-likeness (QED) is 0.588. The van der Waals surface area contributed by atoms with E-state index in [9.17, 15) is 4.79 Å². The molecule has 0 saturated heterocycles. The predicted molar refractivity (Wildman–Crippen MR) is 106 cm³/mol. The number of fused-ring (bicyclic) bond motifs is 5. The van der Waals surface area contributed by atoms with Gasteiger partial charge in [0.25, 0.3) is 0 Å². The Morgan fingerprint density at radius 1 is 1.19 bits per heavy atom. The molecule has 2 aromatic rings. The SMILES string of the molecule is CC(C)(C)OC(=O)Cn1c2c(c3c4c(ccc31)CCCC4)CCOC2=S. The summed E-state index contributed by atoms with van der Waals surface area (Å²) < 4.78 is 13.2. The summed E-state index contributed by atoms with van der Waals surface area (Å²) in [6, 6.07) is 4.36. The summed E-state index contributed by atoms with van der Waals surface area (Å²) in [5.41, 5.74) is 5.60. The highest BCUT2D eigenvalue weighted by Crippen LogP contribution is 2.37. The van der Waals surface area contributed by atoms with E-state index in [1.165, 1.54) is 34.9 Å². The number of carbonyl (C=O) groups is 1. The van der Waals surface area contributed by atoms with Crippen LogP contribution in [0.5, 0.6) is 0 Å². The lowest BCUT2D eigenvalue weighted by atomic mass is 9.87. The first-order chi connectivity index (χ1) is 12.3. The van der Waals surface area contributed by atoms with E-state index in [1.807, 2.05) is 25.3 Å². The molecule has 1 aromatic heterocycles. The van der Waals surface area contributed by atoms with Gasteiger partial charge in [-0.15, -0.1) is 0 Å². The van der Waals surface area contributed by atoms with Gasteiger partial charge in [-0.05, 0) is 81.4 Å². The molecule has 26 heavy (non-hydrogen) atoms. The topological polar surface area (TPSA) is 40.5 Å². The molecular formula is C21H25NO3S. The predicted octanol–water partition coefficient (Wildman–Crippen LogP) is 4.11. The van der Waals surface area contributed by atoms with E-state index in [4.69, 9.17) is 21.7 Å². The van der Waals surface area contributed by atoms with Gasteiger partial charge in [-0.3, -0.25) is 4.79 Å². The lowest BCUT2D eigenvalue weighted by Crippen LogP contribution is -2.28. The van der Waals surface area contributed by atoms with Crippen molar-refractivity contribution in [3.63, 3.8) is 0 Å². The van der Waals surface area contributed by atoms with Gasteiger partial charge in [-0.2, -0.15) is 0 Å². The first kappa shape index (κ1) is 17.5. The molecule has 0 spiro atoms. The van der Waals surface area contributed by atoms with Gasteiger partial charge in [0, 0.05) is 17.3 Å². The Balaban J connectivity index is 1.88. The second-order valence-electron chi connectivity index (χ2n) is 8.19. The van der Waals surface area contributed by atoms with Gasteiger partial charge in [0.05, 0.1) is 6.61 Å². The molecule has 1 aliphatic carbocycles. The maximum Gasteiger partial charge on any atom is 0.326 e. The van der Waals surface area contributed by atoms with Crippen molar-refractivity contribution in [3.05, 3.63) is 34.5 Å². The maximum atomic E-state index is 12.5. The zero-order chi connectivity index (χ0) is 18.5. The molecule has 0 N–H and O–H groups in total. The van der Waals surface area contributed by atoms with Crippen LogP contribution in [0.2, 0.25) is 0 Å². The summed E-state index contributed by atoms with van der Waals surface area (Å²) in [6.07, 6.45) is 5.55. The number of carbonyl (C=O) groups excluding carboxylic acids is 1. The van der Waals surface area contributed by atoms with Crippen molar-refractivity contribution >= 4 is 34.1 Å². The number of esters is 1. The van der Waals surface area contributed by atoms with Crippen LogP contribution in [0.3, 0.4) is 0 Å². The molecule has 5 heteroatoms. The van der Waals surface area contributed by atoms with Crippen LogP contribution in [0.4, 0.5) is 0 Å². The normalized spacial score (nSPS) is 16.8. The molecule has 2 heterocycles. The molecule has 1 aliphatic heterocycles. The lowest BCUT2D eigenvalue weighted by Gasteiger charge is -2.21. The Labute approximate surface area is 159 Å². The molecule has 1 aromatic carbocycles. The van der Waals surface area contributed by atoms with E-state index in [2.05, 4.69) is 12.1 Å². The van der Waals surface area contributed by atoms with E-state index in [1.54, 1.807) is 0 Å². The Bertz CT molecular complexity index is 904. The van der Waals surface area contributed by atoms with E-state index in [0.717, 1.165) is 30.5 Å². The smallest absolute Gasteiger partial charge is 0.326 e. The minimum absolute atomic E-state index is 0.158. The fourth-order valence-corrected chi connectivity index (χ4v) is 4.55. The summed E-state index contributed by atoms with van der Waals surface area (Å²) in [7, 11) is 0. The highest BCUT2D eigenvalue weighted by atomic mass is 32.1. The third-order valence-electron chi connectivity index (χ3n) is 5.14. The van der Waals surface area contributed by atoms with Crippen molar-refractivity contribution in [2.24, 2.45) is 0 Å². The molecule has 4 nitrogen and oxygen atoms in total. The third-order valence-corrected chi connectivity index (χ3v) is 5.46. The highest BCUT2D eigenvalue weighted by Gasteiger charge is 2.29. The number of rotatable bonds is 2. The number of aromatic nitrogens is 1. The second kappa shape index (κ2) is 6.38. The molecule has 2 aliphatic rings. The van der Waals surface area contributed by atoms with Gasteiger partial charge in [-0.25, -0.2) is 0 Å². The van der Waals surface area contributed by atoms with Gasteiger partial charge >= 0.3 is 5.97 Å². The molecule has 0 radical (unpaired) electrons. The van der Waals surface area contributed by atoms with Crippen LogP contribution in [0.25, 0.3) is 10.9 Å². The van der Waals surface area contributed by atoms with Crippen LogP contribution in [-0.2, 0) is 40.1 Å². The van der Waals surface area contributed by atoms with Crippen molar-refractivity contribution in [2.75, 3.05) is 6.61 Å². The first-order valence-corrected chi connectivity index (χ1v) is 9.81. The van der Waals surface area contributed by atoms with Crippen molar-refractivity contribution in [3.8, 4) is 0 Å². The molecule has 0 fully saturated rings. The van der Waals surface area contributed by atoms with Gasteiger partial charge in [-0.1, -0.05) is 6.07 Å². The Morgan fingerprint density at radius 2 is 1.96 bits per heavy atom. The number of nitrogens with zero attached hydrogens (tertiary/aromatic N) is 1. The van der Waals surface area contributed by atoms with Gasteiger partial charge in [0.2, 0.25) is 5.05 Å². The zero-order valence-corrected chi connectivity index (χ0v) is 16.5. The van der Waals surface area contributed by atoms with E-state index < -0.39 is 5.60 Å². The van der Waals surface area contributed by atoms with Crippen LogP contribution < -0.4 is 0 Å². The van der Waals surface area contributed by atoms with Crippen molar-refractivity contribution in [2.45, 2.75) is 65.0 Å². The number of benzene rings is 1. The largest absolute Gasteiger partial charge is 0.481 e. The van der Waals surface area contributed by atoms with Crippen molar-refractivity contribution in [1.29, 1.82) is 0 Å². The van der Waals surface area contributed by atoms with Crippen LogP contribution in [-0.4, -0.2) is 27.8 Å². The zero-order valence-electron chi connectivity index (χ0n) is 15.7. The van der Waals surface area contributed by atoms with Gasteiger partial charge < -0.3 is 14.0 Å². The van der Waals surface area contributed by atoms with Gasteiger partial charge in [0.15, 0.2) is 0 Å². The Morgan fingerprint density at radius 3 is 2.73 bits per heavy atom. The molecular weight excluding hydrogens is 346 g/mol. The van der Waals surface area contributed by atoms with Crippen molar-refractivity contribution in [1.82, 2.24) is 4.57 Å². The molecule has 138 valence electrons. The van der Waals surface area contributed by atoms with E-state index in [-0.39, 0.29) is 12.5 Å².